The SMILES string of the molecule is Cc1cccc(NC(=O)CN2C(=O)SC(CC(=O)Nc3ccc(Cl)cc3)C2=O)c1. The van der Waals surface area contributed by atoms with E-state index in [9.17, 15) is 19.2 Å². The molecule has 2 aromatic carbocycles. The van der Waals surface area contributed by atoms with Gasteiger partial charge in [-0.2, -0.15) is 0 Å². The summed E-state index contributed by atoms with van der Waals surface area (Å²) in [4.78, 5) is 49.9. The van der Waals surface area contributed by atoms with Crippen LogP contribution in [0.25, 0.3) is 0 Å². The van der Waals surface area contributed by atoms with Gasteiger partial charge in [-0.25, -0.2) is 0 Å². The van der Waals surface area contributed by atoms with Crippen LogP contribution in [0.3, 0.4) is 0 Å². The number of nitrogens with zero attached hydrogens (tertiary/aromatic N) is 1. The molecule has 0 radical (unpaired) electrons. The van der Waals surface area contributed by atoms with E-state index in [1.165, 1.54) is 0 Å². The molecule has 1 aliphatic rings. The van der Waals surface area contributed by atoms with Crippen molar-refractivity contribution in [3.63, 3.8) is 0 Å². The molecule has 150 valence electrons. The van der Waals surface area contributed by atoms with Crippen molar-refractivity contribution in [1.82, 2.24) is 4.90 Å². The molecule has 0 aliphatic carbocycles. The van der Waals surface area contributed by atoms with Crippen molar-refractivity contribution in [3.8, 4) is 0 Å². The van der Waals surface area contributed by atoms with Gasteiger partial charge in [-0.05, 0) is 48.9 Å². The largest absolute Gasteiger partial charge is 0.326 e. The number of amides is 4. The first-order chi connectivity index (χ1) is 13.8. The van der Waals surface area contributed by atoms with E-state index in [4.69, 9.17) is 11.6 Å². The number of rotatable bonds is 6. The van der Waals surface area contributed by atoms with Gasteiger partial charge in [0.15, 0.2) is 0 Å². The molecule has 2 N–H and O–H groups in total. The summed E-state index contributed by atoms with van der Waals surface area (Å²) in [6.07, 6.45) is -0.173. The van der Waals surface area contributed by atoms with Gasteiger partial charge in [-0.3, -0.25) is 24.1 Å². The van der Waals surface area contributed by atoms with E-state index in [0.29, 0.717) is 16.4 Å². The fourth-order valence-corrected chi connectivity index (χ4v) is 3.87. The normalized spacial score (nSPS) is 16.1. The molecular weight excluding hydrogens is 414 g/mol. The number of hydrogen-bond donors (Lipinski definition) is 2. The van der Waals surface area contributed by atoms with Crippen LogP contribution in [0.15, 0.2) is 48.5 Å². The molecule has 1 aliphatic heterocycles. The van der Waals surface area contributed by atoms with Crippen LogP contribution in [-0.2, 0) is 14.4 Å². The minimum absolute atomic E-state index is 0.173. The van der Waals surface area contributed by atoms with E-state index in [-0.39, 0.29) is 6.42 Å². The highest BCUT2D eigenvalue weighted by Crippen LogP contribution is 2.29. The highest BCUT2D eigenvalue weighted by Gasteiger charge is 2.41. The van der Waals surface area contributed by atoms with Crippen LogP contribution in [-0.4, -0.2) is 39.7 Å². The molecular formula is C20H18ClN3O4S. The fourth-order valence-electron chi connectivity index (χ4n) is 2.75. The first-order valence-electron chi connectivity index (χ1n) is 8.76. The molecule has 1 heterocycles. The second-order valence-corrected chi connectivity index (χ2v) is 8.06. The van der Waals surface area contributed by atoms with Crippen molar-refractivity contribution in [2.24, 2.45) is 0 Å². The summed E-state index contributed by atoms with van der Waals surface area (Å²) in [5.74, 6) is -1.44. The zero-order valence-corrected chi connectivity index (χ0v) is 17.0. The Hall–Kier alpha value is -2.84. The van der Waals surface area contributed by atoms with Gasteiger partial charge in [0.25, 0.3) is 5.24 Å². The quantitative estimate of drug-likeness (QED) is 0.727. The van der Waals surface area contributed by atoms with Gasteiger partial charge in [0.05, 0.1) is 0 Å². The third kappa shape index (κ3) is 5.58. The Morgan fingerprint density at radius 3 is 2.41 bits per heavy atom. The average Bonchev–Trinajstić information content (AvgIpc) is 2.91. The molecule has 1 saturated heterocycles. The molecule has 29 heavy (non-hydrogen) atoms. The topological polar surface area (TPSA) is 95.6 Å². The molecule has 0 bridgehead atoms. The Labute approximate surface area is 176 Å². The number of thioether (sulfide) groups is 1. The standard InChI is InChI=1S/C20H18ClN3O4S/c1-12-3-2-4-15(9-12)23-18(26)11-24-19(27)16(29-20(24)28)10-17(25)22-14-7-5-13(21)6-8-14/h2-9,16H,10-11H2,1H3,(H,22,25)(H,23,26). The minimum atomic E-state index is -0.860. The second-order valence-electron chi connectivity index (χ2n) is 6.47. The zero-order valence-electron chi connectivity index (χ0n) is 15.5. The van der Waals surface area contributed by atoms with Crippen LogP contribution in [0.2, 0.25) is 5.02 Å². The Kier molecular flexibility index (Phi) is 6.56. The lowest BCUT2D eigenvalue weighted by Gasteiger charge is -2.14. The number of anilines is 2. The van der Waals surface area contributed by atoms with Crippen molar-refractivity contribution in [2.45, 2.75) is 18.6 Å². The van der Waals surface area contributed by atoms with E-state index in [2.05, 4.69) is 10.6 Å². The average molecular weight is 432 g/mol. The van der Waals surface area contributed by atoms with Gasteiger partial charge in [0, 0.05) is 22.8 Å². The van der Waals surface area contributed by atoms with E-state index in [0.717, 1.165) is 22.2 Å². The molecule has 0 saturated carbocycles. The number of hydrogen-bond acceptors (Lipinski definition) is 5. The Morgan fingerprint density at radius 1 is 1.03 bits per heavy atom. The van der Waals surface area contributed by atoms with Gasteiger partial charge < -0.3 is 10.6 Å². The summed E-state index contributed by atoms with van der Waals surface area (Å²) in [5.41, 5.74) is 2.09. The third-order valence-electron chi connectivity index (χ3n) is 4.11. The smallest absolute Gasteiger partial charge is 0.289 e. The minimum Gasteiger partial charge on any atom is -0.326 e. The number of imide groups is 1. The van der Waals surface area contributed by atoms with Crippen molar-refractivity contribution in [3.05, 3.63) is 59.1 Å². The summed E-state index contributed by atoms with van der Waals surface area (Å²) in [6, 6.07) is 13.7. The van der Waals surface area contributed by atoms with Crippen LogP contribution in [0.1, 0.15) is 12.0 Å². The first-order valence-corrected chi connectivity index (χ1v) is 10.0. The number of carbonyl (C=O) groups excluding carboxylic acids is 4. The lowest BCUT2D eigenvalue weighted by atomic mass is 10.2. The molecule has 3 rings (SSSR count). The molecule has 0 spiro atoms. The Bertz CT molecular complexity index is 964. The molecule has 1 atom stereocenters. The van der Waals surface area contributed by atoms with Crippen molar-refractivity contribution >= 4 is 57.7 Å². The first kappa shape index (κ1) is 20.9. The highest BCUT2D eigenvalue weighted by atomic mass is 35.5. The van der Waals surface area contributed by atoms with Crippen molar-refractivity contribution < 1.29 is 19.2 Å². The monoisotopic (exact) mass is 431 g/mol. The maximum absolute atomic E-state index is 12.5. The van der Waals surface area contributed by atoms with Crippen LogP contribution < -0.4 is 10.6 Å². The molecule has 1 fully saturated rings. The second kappa shape index (κ2) is 9.11. The maximum atomic E-state index is 12.5. The highest BCUT2D eigenvalue weighted by molar-refractivity contribution is 8.15. The third-order valence-corrected chi connectivity index (χ3v) is 5.43. The van der Waals surface area contributed by atoms with Gasteiger partial charge >= 0.3 is 0 Å². The maximum Gasteiger partial charge on any atom is 0.289 e. The lowest BCUT2D eigenvalue weighted by molar-refractivity contribution is -0.131. The summed E-state index contributed by atoms with van der Waals surface area (Å²) < 4.78 is 0. The molecule has 0 aromatic heterocycles. The van der Waals surface area contributed by atoms with Gasteiger partial charge in [0.2, 0.25) is 17.7 Å². The number of benzene rings is 2. The molecule has 4 amide bonds. The van der Waals surface area contributed by atoms with E-state index >= 15 is 0 Å². The van der Waals surface area contributed by atoms with Gasteiger partial charge in [0.1, 0.15) is 11.8 Å². The Morgan fingerprint density at radius 2 is 1.72 bits per heavy atom. The predicted molar refractivity (Wildman–Crippen MR) is 113 cm³/mol. The number of nitrogens with one attached hydrogen (secondary N) is 2. The van der Waals surface area contributed by atoms with E-state index < -0.39 is 34.8 Å². The fraction of sp³-hybridized carbons (Fsp3) is 0.200. The van der Waals surface area contributed by atoms with E-state index in [1.807, 2.05) is 13.0 Å². The van der Waals surface area contributed by atoms with Crippen LogP contribution in [0.4, 0.5) is 16.2 Å². The molecule has 9 heteroatoms. The number of carbonyl (C=O) groups is 4. The predicted octanol–water partition coefficient (Wildman–Crippen LogP) is 3.68. The van der Waals surface area contributed by atoms with Crippen molar-refractivity contribution in [2.75, 3.05) is 17.2 Å². The number of aryl methyl sites for hydroxylation is 1. The summed E-state index contributed by atoms with van der Waals surface area (Å²) in [5, 5.41) is 4.45. The van der Waals surface area contributed by atoms with Gasteiger partial charge in [-0.1, -0.05) is 35.5 Å². The zero-order chi connectivity index (χ0) is 21.0. The van der Waals surface area contributed by atoms with Crippen LogP contribution in [0, 0.1) is 6.92 Å². The Balaban J connectivity index is 1.55. The molecule has 2 aromatic rings. The van der Waals surface area contributed by atoms with E-state index in [1.54, 1.807) is 42.5 Å². The van der Waals surface area contributed by atoms with Crippen LogP contribution in [0.5, 0.6) is 0 Å². The number of halogens is 1. The van der Waals surface area contributed by atoms with Crippen LogP contribution >= 0.6 is 23.4 Å². The summed E-state index contributed by atoms with van der Waals surface area (Å²) >= 11 is 6.55. The summed E-state index contributed by atoms with van der Waals surface area (Å²) in [7, 11) is 0. The molecule has 1 unspecified atom stereocenters. The lowest BCUT2D eigenvalue weighted by Crippen LogP contribution is -2.38. The van der Waals surface area contributed by atoms with Gasteiger partial charge in [-0.15, -0.1) is 0 Å². The summed E-state index contributed by atoms with van der Waals surface area (Å²) in [6.45, 7) is 1.49. The molecule has 7 nitrogen and oxygen atoms in total. The van der Waals surface area contributed by atoms with Crippen molar-refractivity contribution in [1.29, 1.82) is 0 Å².